The molecule has 1 aliphatic rings. The average Bonchev–Trinajstić information content (AvgIpc) is 2.48. The second-order valence-electron chi connectivity index (χ2n) is 4.71. The molecule has 6 nitrogen and oxygen atoms in total. The van der Waals surface area contributed by atoms with Crippen molar-refractivity contribution in [1.82, 2.24) is 9.88 Å². The maximum Gasteiger partial charge on any atom is 0.139 e. The zero-order valence-corrected chi connectivity index (χ0v) is 11.1. The molecule has 0 saturated carbocycles. The standard InChI is InChI=1S/C13H21N5O/c14-12(16-19)4-3-7-17-8-10-18(11-9-17)13-5-1-2-6-15-13/h1-2,5-6,19H,3-4,7-11H2,(H2,14,16). The Balaban J connectivity index is 1.71. The van der Waals surface area contributed by atoms with Gasteiger partial charge in [-0.1, -0.05) is 11.2 Å². The minimum absolute atomic E-state index is 0.312. The van der Waals surface area contributed by atoms with Crippen molar-refractivity contribution in [2.24, 2.45) is 10.9 Å². The van der Waals surface area contributed by atoms with E-state index in [1.54, 1.807) is 0 Å². The van der Waals surface area contributed by atoms with Gasteiger partial charge in [0.2, 0.25) is 0 Å². The Morgan fingerprint density at radius 1 is 1.32 bits per heavy atom. The smallest absolute Gasteiger partial charge is 0.139 e. The van der Waals surface area contributed by atoms with Gasteiger partial charge in [0.05, 0.1) is 0 Å². The van der Waals surface area contributed by atoms with Gasteiger partial charge in [-0.2, -0.15) is 0 Å². The van der Waals surface area contributed by atoms with E-state index >= 15 is 0 Å². The quantitative estimate of drug-likeness (QED) is 0.354. The van der Waals surface area contributed by atoms with Crippen molar-refractivity contribution < 1.29 is 5.21 Å². The Morgan fingerprint density at radius 2 is 2.11 bits per heavy atom. The van der Waals surface area contributed by atoms with E-state index in [9.17, 15) is 0 Å². The molecule has 104 valence electrons. The number of oxime groups is 1. The normalized spacial score (nSPS) is 17.7. The van der Waals surface area contributed by atoms with Crippen LogP contribution in [0.1, 0.15) is 12.8 Å². The number of hydrogen-bond donors (Lipinski definition) is 2. The van der Waals surface area contributed by atoms with Gasteiger partial charge in [-0.15, -0.1) is 0 Å². The summed E-state index contributed by atoms with van der Waals surface area (Å²) < 4.78 is 0. The summed E-state index contributed by atoms with van der Waals surface area (Å²) in [6.07, 6.45) is 3.41. The maximum atomic E-state index is 8.47. The topological polar surface area (TPSA) is 78.0 Å². The van der Waals surface area contributed by atoms with E-state index in [4.69, 9.17) is 10.9 Å². The molecule has 1 fully saturated rings. The van der Waals surface area contributed by atoms with E-state index in [1.807, 2.05) is 24.4 Å². The lowest BCUT2D eigenvalue weighted by atomic mass is 10.2. The third kappa shape index (κ3) is 4.10. The molecule has 0 atom stereocenters. The summed E-state index contributed by atoms with van der Waals surface area (Å²) in [6, 6.07) is 6.01. The minimum Gasteiger partial charge on any atom is -0.409 e. The summed E-state index contributed by atoms with van der Waals surface area (Å²) in [4.78, 5) is 9.08. The molecule has 0 radical (unpaired) electrons. The van der Waals surface area contributed by atoms with Gasteiger partial charge in [0, 0.05) is 38.8 Å². The van der Waals surface area contributed by atoms with E-state index in [2.05, 4.69) is 19.9 Å². The fourth-order valence-electron chi connectivity index (χ4n) is 2.28. The van der Waals surface area contributed by atoms with Crippen LogP contribution in [0.4, 0.5) is 5.82 Å². The zero-order valence-electron chi connectivity index (χ0n) is 11.1. The third-order valence-electron chi connectivity index (χ3n) is 3.38. The Kier molecular flexibility index (Phi) is 4.97. The highest BCUT2D eigenvalue weighted by Gasteiger charge is 2.17. The van der Waals surface area contributed by atoms with Crippen molar-refractivity contribution in [3.05, 3.63) is 24.4 Å². The molecular formula is C13H21N5O. The summed E-state index contributed by atoms with van der Waals surface area (Å²) in [7, 11) is 0. The van der Waals surface area contributed by atoms with Crippen molar-refractivity contribution in [1.29, 1.82) is 0 Å². The third-order valence-corrected chi connectivity index (χ3v) is 3.38. The van der Waals surface area contributed by atoms with Crippen LogP contribution in [0, 0.1) is 0 Å². The Bertz CT molecular complexity index is 401. The van der Waals surface area contributed by atoms with Crippen LogP contribution in [0.2, 0.25) is 0 Å². The first-order chi connectivity index (χ1) is 9.29. The van der Waals surface area contributed by atoms with Crippen molar-refractivity contribution in [3.8, 4) is 0 Å². The first-order valence-corrected chi connectivity index (χ1v) is 6.64. The Morgan fingerprint density at radius 3 is 2.74 bits per heavy atom. The second kappa shape index (κ2) is 6.94. The predicted molar refractivity (Wildman–Crippen MR) is 75.5 cm³/mol. The van der Waals surface area contributed by atoms with Gasteiger partial charge in [0.25, 0.3) is 0 Å². The number of anilines is 1. The van der Waals surface area contributed by atoms with E-state index in [0.29, 0.717) is 12.3 Å². The SMILES string of the molecule is N/C(CCCN1CCN(c2ccccn2)CC1)=N\O. The van der Waals surface area contributed by atoms with Gasteiger partial charge in [-0.25, -0.2) is 4.98 Å². The molecule has 2 rings (SSSR count). The van der Waals surface area contributed by atoms with Gasteiger partial charge in [-0.05, 0) is 25.1 Å². The summed E-state index contributed by atoms with van der Waals surface area (Å²) in [5.41, 5.74) is 5.45. The number of rotatable bonds is 5. The molecule has 2 heterocycles. The molecule has 6 heteroatoms. The molecule has 0 unspecified atom stereocenters. The van der Waals surface area contributed by atoms with E-state index < -0.39 is 0 Å². The Labute approximate surface area is 113 Å². The first kappa shape index (κ1) is 13.6. The molecule has 0 aliphatic carbocycles. The van der Waals surface area contributed by atoms with Gasteiger partial charge in [0.15, 0.2) is 0 Å². The van der Waals surface area contributed by atoms with Crippen LogP contribution in [0.3, 0.4) is 0 Å². The van der Waals surface area contributed by atoms with Gasteiger partial charge >= 0.3 is 0 Å². The molecule has 0 amide bonds. The number of hydrogen-bond acceptors (Lipinski definition) is 5. The summed E-state index contributed by atoms with van der Waals surface area (Å²) in [5.74, 6) is 1.37. The van der Waals surface area contributed by atoms with Crippen LogP contribution in [-0.4, -0.2) is 53.7 Å². The number of pyridine rings is 1. The molecule has 1 aromatic heterocycles. The first-order valence-electron chi connectivity index (χ1n) is 6.64. The summed E-state index contributed by atoms with van der Waals surface area (Å²) >= 11 is 0. The largest absolute Gasteiger partial charge is 0.409 e. The molecule has 1 saturated heterocycles. The maximum absolute atomic E-state index is 8.47. The van der Waals surface area contributed by atoms with Crippen LogP contribution >= 0.6 is 0 Å². The highest BCUT2D eigenvalue weighted by Crippen LogP contribution is 2.12. The molecular weight excluding hydrogens is 242 g/mol. The van der Waals surface area contributed by atoms with Gasteiger partial charge in [0.1, 0.15) is 11.7 Å². The van der Waals surface area contributed by atoms with Crippen LogP contribution in [-0.2, 0) is 0 Å². The summed E-state index contributed by atoms with van der Waals surface area (Å²) in [6.45, 7) is 5.06. The zero-order chi connectivity index (χ0) is 13.5. The van der Waals surface area contributed by atoms with Crippen molar-refractivity contribution in [2.45, 2.75) is 12.8 Å². The van der Waals surface area contributed by atoms with E-state index in [-0.39, 0.29) is 0 Å². The van der Waals surface area contributed by atoms with Crippen LogP contribution in [0.15, 0.2) is 29.6 Å². The predicted octanol–water partition coefficient (Wildman–Crippen LogP) is 0.730. The molecule has 19 heavy (non-hydrogen) atoms. The van der Waals surface area contributed by atoms with Crippen LogP contribution in [0.5, 0.6) is 0 Å². The molecule has 1 aromatic rings. The minimum atomic E-state index is 0.312. The van der Waals surface area contributed by atoms with Crippen molar-refractivity contribution in [2.75, 3.05) is 37.6 Å². The number of piperazine rings is 1. The van der Waals surface area contributed by atoms with Crippen LogP contribution in [0.25, 0.3) is 0 Å². The molecule has 3 N–H and O–H groups in total. The van der Waals surface area contributed by atoms with Crippen molar-refractivity contribution >= 4 is 11.7 Å². The highest BCUT2D eigenvalue weighted by molar-refractivity contribution is 5.79. The van der Waals surface area contributed by atoms with E-state index in [0.717, 1.165) is 45.0 Å². The number of amidine groups is 1. The van der Waals surface area contributed by atoms with Crippen molar-refractivity contribution in [3.63, 3.8) is 0 Å². The molecule has 1 aliphatic heterocycles. The lowest BCUT2D eigenvalue weighted by molar-refractivity contribution is 0.255. The number of nitrogens with two attached hydrogens (primary N) is 1. The monoisotopic (exact) mass is 263 g/mol. The second-order valence-corrected chi connectivity index (χ2v) is 4.71. The number of aromatic nitrogens is 1. The lowest BCUT2D eigenvalue weighted by Gasteiger charge is -2.35. The average molecular weight is 263 g/mol. The molecule has 0 spiro atoms. The van der Waals surface area contributed by atoms with Gasteiger partial charge in [-0.3, -0.25) is 4.90 Å². The number of nitrogens with zero attached hydrogens (tertiary/aromatic N) is 4. The fourth-order valence-corrected chi connectivity index (χ4v) is 2.28. The van der Waals surface area contributed by atoms with E-state index in [1.165, 1.54) is 0 Å². The highest BCUT2D eigenvalue weighted by atomic mass is 16.4. The Hall–Kier alpha value is -1.82. The van der Waals surface area contributed by atoms with Gasteiger partial charge < -0.3 is 15.8 Å². The molecule has 0 aromatic carbocycles. The molecule has 0 bridgehead atoms. The van der Waals surface area contributed by atoms with Crippen LogP contribution < -0.4 is 10.6 Å². The lowest BCUT2D eigenvalue weighted by Crippen LogP contribution is -2.47. The summed E-state index contributed by atoms with van der Waals surface area (Å²) in [5, 5.41) is 11.5. The fraction of sp³-hybridized carbons (Fsp3) is 0.538.